The van der Waals surface area contributed by atoms with Gasteiger partial charge in [-0.2, -0.15) is 0 Å². The van der Waals surface area contributed by atoms with Crippen LogP contribution in [0, 0.1) is 11.7 Å². The Bertz CT molecular complexity index is 834. The number of amides is 1. The molecule has 31 heavy (non-hydrogen) atoms. The molecule has 1 amide bonds. The Kier molecular flexibility index (Phi) is 8.69. The summed E-state index contributed by atoms with van der Waals surface area (Å²) in [5, 5.41) is 3.10. The zero-order valence-electron chi connectivity index (χ0n) is 18.0. The average molecular weight is 475 g/mol. The van der Waals surface area contributed by atoms with Gasteiger partial charge in [0.2, 0.25) is 15.9 Å². The molecular weight excluding hydrogens is 443 g/mol. The van der Waals surface area contributed by atoms with E-state index in [2.05, 4.69) is 22.2 Å². The van der Waals surface area contributed by atoms with E-state index in [0.717, 1.165) is 39.1 Å². The zero-order chi connectivity index (χ0) is 22.4. The maximum atomic E-state index is 14.0. The van der Waals surface area contributed by atoms with Gasteiger partial charge in [-0.3, -0.25) is 4.79 Å². The summed E-state index contributed by atoms with van der Waals surface area (Å²) in [6, 6.07) is 4.13. The molecule has 1 N–H and O–H groups in total. The lowest BCUT2D eigenvalue weighted by Crippen LogP contribution is -2.45. The number of carbonyl (C=O) groups is 1. The standard InChI is InChI=1S/C21H32ClFN4O3S/c1-25-12-14-26(15-13-25)9-3-8-24-21(28)17-6-10-27(11-7-17)31(29,30)16-18-19(22)4-2-5-20(18)23/h2,4-5,17H,3,6-16H2,1H3,(H,24,28). The molecule has 0 aromatic heterocycles. The van der Waals surface area contributed by atoms with Crippen LogP contribution in [0.5, 0.6) is 0 Å². The van der Waals surface area contributed by atoms with Crippen LogP contribution in [0.15, 0.2) is 18.2 Å². The van der Waals surface area contributed by atoms with E-state index in [1.54, 1.807) is 0 Å². The van der Waals surface area contributed by atoms with Crippen LogP contribution in [0.25, 0.3) is 0 Å². The Morgan fingerprint density at radius 1 is 1.16 bits per heavy atom. The quantitative estimate of drug-likeness (QED) is 0.581. The molecule has 0 saturated carbocycles. The lowest BCUT2D eigenvalue weighted by atomic mass is 9.97. The highest BCUT2D eigenvalue weighted by Crippen LogP contribution is 2.26. The van der Waals surface area contributed by atoms with Crippen molar-refractivity contribution in [3.8, 4) is 0 Å². The number of hydrogen-bond acceptors (Lipinski definition) is 5. The largest absolute Gasteiger partial charge is 0.356 e. The summed E-state index contributed by atoms with van der Waals surface area (Å²) in [5.41, 5.74) is -0.00983. The summed E-state index contributed by atoms with van der Waals surface area (Å²) in [4.78, 5) is 17.2. The number of carbonyl (C=O) groups excluding carboxylic acids is 1. The zero-order valence-corrected chi connectivity index (χ0v) is 19.6. The molecule has 0 aliphatic carbocycles. The molecule has 0 unspecified atom stereocenters. The predicted octanol–water partition coefficient (Wildman–Crippen LogP) is 1.77. The fourth-order valence-corrected chi connectivity index (χ4v) is 5.99. The van der Waals surface area contributed by atoms with Crippen molar-refractivity contribution >= 4 is 27.5 Å². The highest BCUT2D eigenvalue weighted by molar-refractivity contribution is 7.88. The number of sulfonamides is 1. The third-order valence-corrected chi connectivity index (χ3v) is 8.31. The van der Waals surface area contributed by atoms with Crippen molar-refractivity contribution in [2.75, 3.05) is 59.4 Å². The molecule has 3 rings (SSSR count). The fraction of sp³-hybridized carbons (Fsp3) is 0.667. The normalized spacial score (nSPS) is 20.1. The molecule has 0 bridgehead atoms. The van der Waals surface area contributed by atoms with Crippen LogP contribution in [-0.4, -0.2) is 87.8 Å². The molecule has 2 aliphatic heterocycles. The first-order valence-corrected chi connectivity index (χ1v) is 12.8. The maximum Gasteiger partial charge on any atom is 0.223 e. The lowest BCUT2D eigenvalue weighted by molar-refractivity contribution is -0.126. The fourth-order valence-electron chi connectivity index (χ4n) is 4.07. The molecule has 1 aromatic carbocycles. The highest BCUT2D eigenvalue weighted by atomic mass is 35.5. The number of piperidine rings is 1. The van der Waals surface area contributed by atoms with Crippen LogP contribution in [-0.2, 0) is 20.6 Å². The van der Waals surface area contributed by atoms with E-state index in [-0.39, 0.29) is 35.5 Å². The van der Waals surface area contributed by atoms with Gasteiger partial charge in [0.05, 0.1) is 5.75 Å². The Morgan fingerprint density at radius 3 is 2.48 bits per heavy atom. The van der Waals surface area contributed by atoms with Gasteiger partial charge in [0, 0.05) is 62.3 Å². The maximum absolute atomic E-state index is 14.0. The SMILES string of the molecule is CN1CCN(CCCNC(=O)C2CCN(S(=O)(=O)Cc3c(F)cccc3Cl)CC2)CC1. The second kappa shape index (κ2) is 11.0. The first-order valence-electron chi connectivity index (χ1n) is 10.9. The van der Waals surface area contributed by atoms with Crippen molar-refractivity contribution in [2.24, 2.45) is 5.92 Å². The minimum absolute atomic E-state index is 0.00688. The van der Waals surface area contributed by atoms with Crippen molar-refractivity contribution in [3.63, 3.8) is 0 Å². The molecule has 2 heterocycles. The molecule has 2 aliphatic rings. The van der Waals surface area contributed by atoms with E-state index in [1.165, 1.54) is 22.5 Å². The average Bonchev–Trinajstić information content (AvgIpc) is 2.75. The number of likely N-dealkylation sites (N-methyl/N-ethyl adjacent to an activating group) is 1. The van der Waals surface area contributed by atoms with Gasteiger partial charge >= 0.3 is 0 Å². The van der Waals surface area contributed by atoms with Crippen molar-refractivity contribution in [3.05, 3.63) is 34.6 Å². The number of nitrogens with zero attached hydrogens (tertiary/aromatic N) is 3. The van der Waals surface area contributed by atoms with Gasteiger partial charge in [-0.05, 0) is 45.0 Å². The Morgan fingerprint density at radius 2 is 1.84 bits per heavy atom. The van der Waals surface area contributed by atoms with E-state index in [1.807, 2.05) is 0 Å². The number of nitrogens with one attached hydrogen (secondary N) is 1. The number of benzene rings is 1. The van der Waals surface area contributed by atoms with Crippen LogP contribution in [0.1, 0.15) is 24.8 Å². The summed E-state index contributed by atoms with van der Waals surface area (Å²) in [6.45, 7) is 6.42. The third-order valence-electron chi connectivity index (χ3n) is 6.15. The van der Waals surface area contributed by atoms with E-state index in [0.29, 0.717) is 19.4 Å². The summed E-state index contributed by atoms with van der Waals surface area (Å²) < 4.78 is 40.7. The third kappa shape index (κ3) is 6.86. The van der Waals surface area contributed by atoms with Gasteiger partial charge in [-0.25, -0.2) is 17.1 Å². The minimum Gasteiger partial charge on any atom is -0.356 e. The van der Waals surface area contributed by atoms with Gasteiger partial charge < -0.3 is 15.1 Å². The van der Waals surface area contributed by atoms with Crippen molar-refractivity contribution in [1.29, 1.82) is 0 Å². The van der Waals surface area contributed by atoms with Gasteiger partial charge in [0.1, 0.15) is 5.82 Å². The molecule has 7 nitrogen and oxygen atoms in total. The molecule has 0 radical (unpaired) electrons. The number of hydrogen-bond donors (Lipinski definition) is 1. The Hall–Kier alpha value is -1.26. The summed E-state index contributed by atoms with van der Waals surface area (Å²) in [6.07, 6.45) is 1.84. The predicted molar refractivity (Wildman–Crippen MR) is 120 cm³/mol. The van der Waals surface area contributed by atoms with E-state index < -0.39 is 21.6 Å². The van der Waals surface area contributed by atoms with Crippen molar-refractivity contribution in [2.45, 2.75) is 25.0 Å². The van der Waals surface area contributed by atoms with Crippen molar-refractivity contribution in [1.82, 2.24) is 19.4 Å². The van der Waals surface area contributed by atoms with Gasteiger partial charge in [0.25, 0.3) is 0 Å². The van der Waals surface area contributed by atoms with Crippen LogP contribution in [0.3, 0.4) is 0 Å². The highest BCUT2D eigenvalue weighted by Gasteiger charge is 2.32. The minimum atomic E-state index is -3.70. The van der Waals surface area contributed by atoms with Crippen LogP contribution in [0.2, 0.25) is 5.02 Å². The smallest absolute Gasteiger partial charge is 0.223 e. The van der Waals surface area contributed by atoms with Crippen molar-refractivity contribution < 1.29 is 17.6 Å². The molecule has 10 heteroatoms. The first kappa shape index (κ1) is 24.4. The monoisotopic (exact) mass is 474 g/mol. The molecule has 2 saturated heterocycles. The van der Waals surface area contributed by atoms with E-state index in [4.69, 9.17) is 11.6 Å². The number of piperazine rings is 1. The van der Waals surface area contributed by atoms with Crippen LogP contribution >= 0.6 is 11.6 Å². The first-order chi connectivity index (χ1) is 14.8. The van der Waals surface area contributed by atoms with Crippen LogP contribution in [0.4, 0.5) is 4.39 Å². The molecule has 2 fully saturated rings. The molecule has 0 atom stereocenters. The summed E-state index contributed by atoms with van der Waals surface area (Å²) in [7, 11) is -1.57. The van der Waals surface area contributed by atoms with Crippen LogP contribution < -0.4 is 5.32 Å². The molecule has 1 aromatic rings. The van der Waals surface area contributed by atoms with Gasteiger partial charge in [-0.15, -0.1) is 0 Å². The lowest BCUT2D eigenvalue weighted by Gasteiger charge is -2.32. The second-order valence-electron chi connectivity index (χ2n) is 8.42. The molecule has 174 valence electrons. The number of halogens is 2. The Labute approximate surface area is 189 Å². The topological polar surface area (TPSA) is 73.0 Å². The summed E-state index contributed by atoms with van der Waals surface area (Å²) in [5.74, 6) is -1.29. The van der Waals surface area contributed by atoms with E-state index >= 15 is 0 Å². The van der Waals surface area contributed by atoms with Gasteiger partial charge in [-0.1, -0.05) is 17.7 Å². The van der Waals surface area contributed by atoms with E-state index in [9.17, 15) is 17.6 Å². The molecular formula is C21H32ClFN4O3S. The van der Waals surface area contributed by atoms with Gasteiger partial charge in [0.15, 0.2) is 0 Å². The second-order valence-corrected chi connectivity index (χ2v) is 10.8. The Balaban J connectivity index is 1.39. The molecule has 0 spiro atoms. The number of rotatable bonds is 8. The summed E-state index contributed by atoms with van der Waals surface area (Å²) >= 11 is 5.97.